The molecule has 1 nitrogen and oxygen atoms in total. The minimum absolute atomic E-state index is 0.0972. The summed E-state index contributed by atoms with van der Waals surface area (Å²) in [5.41, 5.74) is 7.85. The first-order chi connectivity index (χ1) is 6.90. The Kier molecular flexibility index (Phi) is 4.16. The van der Waals surface area contributed by atoms with Gasteiger partial charge in [-0.3, -0.25) is 0 Å². The minimum atomic E-state index is -4.07. The molecule has 1 aromatic heterocycles. The van der Waals surface area contributed by atoms with E-state index in [4.69, 9.17) is 5.73 Å². The predicted octanol–water partition coefficient (Wildman–Crippen LogP) is 3.79. The molecule has 0 spiro atoms. The summed E-state index contributed by atoms with van der Waals surface area (Å²) in [6.45, 7) is 1.93. The Morgan fingerprint density at radius 1 is 1.40 bits per heavy atom. The van der Waals surface area contributed by atoms with E-state index in [1.165, 1.54) is 11.3 Å². The average molecular weight is 237 g/mol. The van der Waals surface area contributed by atoms with Gasteiger partial charge in [0.15, 0.2) is 0 Å². The monoisotopic (exact) mass is 237 g/mol. The van der Waals surface area contributed by atoms with Crippen molar-refractivity contribution in [2.75, 3.05) is 0 Å². The SMILES string of the molecule is Cc1cscc1C(N)CCCC(F)(F)F. The summed E-state index contributed by atoms with van der Waals surface area (Å²) < 4.78 is 35.7. The molecule has 2 N–H and O–H groups in total. The van der Waals surface area contributed by atoms with Crippen LogP contribution in [0.4, 0.5) is 13.2 Å². The average Bonchev–Trinajstić information content (AvgIpc) is 2.48. The number of rotatable bonds is 4. The van der Waals surface area contributed by atoms with E-state index in [1.54, 1.807) is 0 Å². The van der Waals surface area contributed by atoms with Crippen molar-refractivity contribution in [3.8, 4) is 0 Å². The van der Waals surface area contributed by atoms with Crippen LogP contribution in [-0.2, 0) is 0 Å². The summed E-state index contributed by atoms with van der Waals surface area (Å²) in [6.07, 6.45) is -4.33. The second-order valence-electron chi connectivity index (χ2n) is 3.62. The van der Waals surface area contributed by atoms with Crippen LogP contribution < -0.4 is 5.73 Å². The quantitative estimate of drug-likeness (QED) is 0.847. The molecule has 1 aromatic rings. The van der Waals surface area contributed by atoms with Gasteiger partial charge < -0.3 is 5.73 Å². The molecule has 1 heterocycles. The highest BCUT2D eigenvalue weighted by atomic mass is 32.1. The summed E-state index contributed by atoms with van der Waals surface area (Å²) in [6, 6.07) is -0.265. The maximum atomic E-state index is 11.9. The highest BCUT2D eigenvalue weighted by Crippen LogP contribution is 2.27. The molecule has 15 heavy (non-hydrogen) atoms. The van der Waals surface area contributed by atoms with Crippen LogP contribution >= 0.6 is 11.3 Å². The second kappa shape index (κ2) is 4.99. The smallest absolute Gasteiger partial charge is 0.324 e. The number of thiophene rings is 1. The highest BCUT2D eigenvalue weighted by molar-refractivity contribution is 7.08. The normalized spacial score (nSPS) is 14.2. The van der Waals surface area contributed by atoms with Crippen molar-refractivity contribution in [3.63, 3.8) is 0 Å². The Labute approximate surface area is 91.1 Å². The van der Waals surface area contributed by atoms with Crippen LogP contribution in [0.3, 0.4) is 0 Å². The van der Waals surface area contributed by atoms with E-state index in [1.807, 2.05) is 17.7 Å². The van der Waals surface area contributed by atoms with Gasteiger partial charge in [-0.2, -0.15) is 24.5 Å². The number of hydrogen-bond donors (Lipinski definition) is 1. The van der Waals surface area contributed by atoms with E-state index in [-0.39, 0.29) is 12.5 Å². The molecule has 0 saturated heterocycles. The molecule has 0 amide bonds. The molecule has 1 rings (SSSR count). The summed E-state index contributed by atoms with van der Waals surface area (Å²) in [5.74, 6) is 0. The van der Waals surface area contributed by atoms with Gasteiger partial charge >= 0.3 is 6.18 Å². The van der Waals surface area contributed by atoms with Crippen molar-refractivity contribution in [2.24, 2.45) is 5.73 Å². The zero-order valence-electron chi connectivity index (χ0n) is 8.47. The lowest BCUT2D eigenvalue weighted by atomic mass is 10.0. The summed E-state index contributed by atoms with van der Waals surface area (Å²) in [4.78, 5) is 0. The van der Waals surface area contributed by atoms with Gasteiger partial charge in [0.2, 0.25) is 0 Å². The molecule has 1 atom stereocenters. The lowest BCUT2D eigenvalue weighted by molar-refractivity contribution is -0.135. The third-order valence-corrected chi connectivity index (χ3v) is 3.15. The molecule has 0 aliphatic heterocycles. The topological polar surface area (TPSA) is 26.0 Å². The van der Waals surface area contributed by atoms with E-state index >= 15 is 0 Å². The Morgan fingerprint density at radius 2 is 2.07 bits per heavy atom. The van der Waals surface area contributed by atoms with Gasteiger partial charge in [-0.05, 0) is 41.7 Å². The maximum absolute atomic E-state index is 11.9. The molecular weight excluding hydrogens is 223 g/mol. The Morgan fingerprint density at radius 3 is 2.53 bits per heavy atom. The van der Waals surface area contributed by atoms with Crippen LogP contribution in [0.2, 0.25) is 0 Å². The van der Waals surface area contributed by atoms with Gasteiger partial charge in [0.1, 0.15) is 0 Å². The number of nitrogens with two attached hydrogens (primary N) is 1. The van der Waals surface area contributed by atoms with E-state index in [0.29, 0.717) is 6.42 Å². The maximum Gasteiger partial charge on any atom is 0.389 e. The lowest BCUT2D eigenvalue weighted by Crippen LogP contribution is -2.13. The Hall–Kier alpha value is -0.550. The molecule has 0 saturated carbocycles. The zero-order valence-corrected chi connectivity index (χ0v) is 9.29. The third kappa shape index (κ3) is 4.22. The predicted molar refractivity (Wildman–Crippen MR) is 55.9 cm³/mol. The third-order valence-electron chi connectivity index (χ3n) is 2.27. The Balaban J connectivity index is 2.37. The molecule has 1 unspecified atom stereocenters. The van der Waals surface area contributed by atoms with Crippen LogP contribution in [0.1, 0.15) is 36.4 Å². The fourth-order valence-electron chi connectivity index (χ4n) is 1.43. The van der Waals surface area contributed by atoms with Gasteiger partial charge in [0.05, 0.1) is 0 Å². The largest absolute Gasteiger partial charge is 0.389 e. The number of aryl methyl sites for hydroxylation is 1. The van der Waals surface area contributed by atoms with Gasteiger partial charge in [0, 0.05) is 12.5 Å². The van der Waals surface area contributed by atoms with Crippen molar-refractivity contribution in [3.05, 3.63) is 21.9 Å². The van der Waals surface area contributed by atoms with Crippen LogP contribution in [0, 0.1) is 6.92 Å². The van der Waals surface area contributed by atoms with E-state index in [0.717, 1.165) is 11.1 Å². The molecule has 0 bridgehead atoms. The number of halogens is 3. The van der Waals surface area contributed by atoms with Gasteiger partial charge in [-0.25, -0.2) is 0 Å². The van der Waals surface area contributed by atoms with Crippen LogP contribution in [0.25, 0.3) is 0 Å². The second-order valence-corrected chi connectivity index (χ2v) is 4.37. The number of alkyl halides is 3. The first-order valence-electron chi connectivity index (χ1n) is 4.75. The molecule has 5 heteroatoms. The van der Waals surface area contributed by atoms with Crippen molar-refractivity contribution < 1.29 is 13.2 Å². The molecule has 0 aliphatic carbocycles. The molecule has 0 fully saturated rings. The van der Waals surface area contributed by atoms with Gasteiger partial charge in [-0.15, -0.1) is 0 Å². The van der Waals surface area contributed by atoms with Gasteiger partial charge in [0.25, 0.3) is 0 Å². The Bertz CT molecular complexity index is 306. The molecular formula is C10H14F3NS. The molecule has 0 aromatic carbocycles. The van der Waals surface area contributed by atoms with Gasteiger partial charge in [-0.1, -0.05) is 0 Å². The fraction of sp³-hybridized carbons (Fsp3) is 0.600. The van der Waals surface area contributed by atoms with Crippen LogP contribution in [0.5, 0.6) is 0 Å². The van der Waals surface area contributed by atoms with E-state index in [2.05, 4.69) is 0 Å². The van der Waals surface area contributed by atoms with E-state index in [9.17, 15) is 13.2 Å². The fourth-order valence-corrected chi connectivity index (χ4v) is 2.34. The van der Waals surface area contributed by atoms with E-state index < -0.39 is 12.6 Å². The first-order valence-corrected chi connectivity index (χ1v) is 5.69. The molecule has 86 valence electrons. The first kappa shape index (κ1) is 12.5. The van der Waals surface area contributed by atoms with Crippen molar-refractivity contribution in [2.45, 2.75) is 38.4 Å². The van der Waals surface area contributed by atoms with Crippen LogP contribution in [-0.4, -0.2) is 6.18 Å². The summed E-state index contributed by atoms with van der Waals surface area (Å²) >= 11 is 1.53. The standard InChI is InChI=1S/C10H14F3NS/c1-7-5-15-6-8(7)9(14)3-2-4-10(11,12)13/h5-6,9H,2-4,14H2,1H3. The zero-order chi connectivity index (χ0) is 11.5. The summed E-state index contributed by atoms with van der Waals surface area (Å²) in [7, 11) is 0. The highest BCUT2D eigenvalue weighted by Gasteiger charge is 2.26. The minimum Gasteiger partial charge on any atom is -0.324 e. The number of hydrogen-bond acceptors (Lipinski definition) is 2. The van der Waals surface area contributed by atoms with Crippen molar-refractivity contribution >= 4 is 11.3 Å². The van der Waals surface area contributed by atoms with Crippen molar-refractivity contribution in [1.82, 2.24) is 0 Å². The van der Waals surface area contributed by atoms with Crippen molar-refractivity contribution in [1.29, 1.82) is 0 Å². The van der Waals surface area contributed by atoms with Crippen LogP contribution in [0.15, 0.2) is 10.8 Å². The lowest BCUT2D eigenvalue weighted by Gasteiger charge is -2.12. The molecule has 0 aliphatic rings. The summed E-state index contributed by atoms with van der Waals surface area (Å²) in [5, 5.41) is 3.87. The molecule has 0 radical (unpaired) electrons.